The number of benzene rings is 1. The summed E-state index contributed by atoms with van der Waals surface area (Å²) in [5.41, 5.74) is 6.29. The summed E-state index contributed by atoms with van der Waals surface area (Å²) >= 11 is 6.12. The fraction of sp³-hybridized carbons (Fsp3) is 0.500. The van der Waals surface area contributed by atoms with Crippen molar-refractivity contribution in [3.8, 4) is 0 Å². The number of para-hydroxylation sites is 1. The number of hydrogen-bond donors (Lipinski definition) is 1. The molecule has 0 spiro atoms. The molecule has 0 bridgehead atoms. The van der Waals surface area contributed by atoms with Crippen LogP contribution < -0.4 is 10.6 Å². The monoisotopic (exact) mass is 242 g/mol. The Morgan fingerprint density at radius 2 is 1.94 bits per heavy atom. The molecule has 0 amide bonds. The van der Waals surface area contributed by atoms with Crippen LogP contribution in [-0.4, -0.2) is 25.3 Å². The van der Waals surface area contributed by atoms with E-state index >= 15 is 0 Å². The van der Waals surface area contributed by atoms with E-state index in [1.807, 2.05) is 24.3 Å². The van der Waals surface area contributed by atoms with Crippen LogP contribution in [0.3, 0.4) is 0 Å². The Morgan fingerprint density at radius 3 is 2.50 bits per heavy atom. The molecule has 1 aliphatic rings. The summed E-state index contributed by atoms with van der Waals surface area (Å²) in [6.45, 7) is 1.09. The van der Waals surface area contributed by atoms with Crippen LogP contribution in [0.25, 0.3) is 0 Å². The standard InChI is InChI=1S/C12H16ClFN2/c13-10-3-1-2-4-11(10)16-7-5-12(15,9-14)6-8-16/h1-4H,5-9,15H2. The number of anilines is 1. The van der Waals surface area contributed by atoms with Gasteiger partial charge in [-0.1, -0.05) is 23.7 Å². The molecule has 1 fully saturated rings. The van der Waals surface area contributed by atoms with Gasteiger partial charge in [0, 0.05) is 18.6 Å². The maximum Gasteiger partial charge on any atom is 0.107 e. The molecule has 4 heteroatoms. The van der Waals surface area contributed by atoms with Gasteiger partial charge in [0.25, 0.3) is 0 Å². The molecule has 0 radical (unpaired) electrons. The first-order chi connectivity index (χ1) is 7.64. The van der Waals surface area contributed by atoms with E-state index in [1.165, 1.54) is 0 Å². The second-order valence-corrected chi connectivity index (χ2v) is 4.84. The van der Waals surface area contributed by atoms with E-state index in [9.17, 15) is 4.39 Å². The van der Waals surface area contributed by atoms with Crippen molar-refractivity contribution < 1.29 is 4.39 Å². The van der Waals surface area contributed by atoms with Crippen molar-refractivity contribution in [2.75, 3.05) is 24.7 Å². The number of piperidine rings is 1. The Bertz CT molecular complexity index is 362. The van der Waals surface area contributed by atoms with Crippen molar-refractivity contribution in [2.24, 2.45) is 5.73 Å². The Morgan fingerprint density at radius 1 is 1.31 bits per heavy atom. The van der Waals surface area contributed by atoms with Crippen molar-refractivity contribution in [3.63, 3.8) is 0 Å². The van der Waals surface area contributed by atoms with Crippen LogP contribution in [0.1, 0.15) is 12.8 Å². The van der Waals surface area contributed by atoms with Gasteiger partial charge in [-0.3, -0.25) is 0 Å². The lowest BCUT2D eigenvalue weighted by Gasteiger charge is -2.38. The highest BCUT2D eigenvalue weighted by Crippen LogP contribution is 2.30. The number of rotatable bonds is 2. The molecule has 88 valence electrons. The third-order valence-corrected chi connectivity index (χ3v) is 3.54. The van der Waals surface area contributed by atoms with Gasteiger partial charge >= 0.3 is 0 Å². The van der Waals surface area contributed by atoms with Gasteiger partial charge in [0.1, 0.15) is 6.67 Å². The first-order valence-electron chi connectivity index (χ1n) is 5.49. The Hall–Kier alpha value is -0.800. The molecular weight excluding hydrogens is 227 g/mol. The van der Waals surface area contributed by atoms with Crippen molar-refractivity contribution >= 4 is 17.3 Å². The third-order valence-electron chi connectivity index (χ3n) is 3.22. The number of nitrogens with zero attached hydrogens (tertiary/aromatic N) is 1. The highest BCUT2D eigenvalue weighted by Gasteiger charge is 2.31. The minimum absolute atomic E-state index is 0.441. The lowest BCUT2D eigenvalue weighted by Crippen LogP contribution is -2.52. The molecule has 0 atom stereocenters. The number of hydrogen-bond acceptors (Lipinski definition) is 2. The topological polar surface area (TPSA) is 29.3 Å². The normalized spacial score (nSPS) is 19.8. The van der Waals surface area contributed by atoms with Crippen molar-refractivity contribution in [2.45, 2.75) is 18.4 Å². The number of alkyl halides is 1. The fourth-order valence-electron chi connectivity index (χ4n) is 2.03. The average molecular weight is 243 g/mol. The quantitative estimate of drug-likeness (QED) is 0.864. The smallest absolute Gasteiger partial charge is 0.107 e. The highest BCUT2D eigenvalue weighted by molar-refractivity contribution is 6.33. The molecule has 2 nitrogen and oxygen atoms in total. The van der Waals surface area contributed by atoms with Crippen molar-refractivity contribution in [1.29, 1.82) is 0 Å². The van der Waals surface area contributed by atoms with E-state index in [1.54, 1.807) is 0 Å². The van der Waals surface area contributed by atoms with Gasteiger partial charge in [0.15, 0.2) is 0 Å². The highest BCUT2D eigenvalue weighted by atomic mass is 35.5. The predicted molar refractivity (Wildman–Crippen MR) is 65.8 cm³/mol. The molecule has 2 N–H and O–H groups in total. The van der Waals surface area contributed by atoms with Crippen LogP contribution in [0.4, 0.5) is 10.1 Å². The molecule has 0 aliphatic carbocycles. The van der Waals surface area contributed by atoms with Crippen LogP contribution in [0.5, 0.6) is 0 Å². The van der Waals surface area contributed by atoms with E-state index < -0.39 is 12.2 Å². The summed E-state index contributed by atoms with van der Waals surface area (Å²) in [6.07, 6.45) is 1.35. The maximum atomic E-state index is 12.7. The molecule has 1 saturated heterocycles. The maximum absolute atomic E-state index is 12.7. The molecule has 0 aromatic heterocycles. The van der Waals surface area contributed by atoms with Crippen LogP contribution in [-0.2, 0) is 0 Å². The molecule has 0 saturated carbocycles. The van der Waals surface area contributed by atoms with Crippen LogP contribution in [0.2, 0.25) is 5.02 Å². The van der Waals surface area contributed by atoms with Gasteiger partial charge in [-0.2, -0.15) is 0 Å². The molecule has 16 heavy (non-hydrogen) atoms. The zero-order valence-electron chi connectivity index (χ0n) is 9.13. The van der Waals surface area contributed by atoms with E-state index in [0.29, 0.717) is 12.8 Å². The zero-order chi connectivity index (χ0) is 11.6. The lowest BCUT2D eigenvalue weighted by molar-refractivity contribution is 0.255. The van der Waals surface area contributed by atoms with Crippen LogP contribution in [0.15, 0.2) is 24.3 Å². The molecule has 1 heterocycles. The summed E-state index contributed by atoms with van der Waals surface area (Å²) in [4.78, 5) is 2.17. The third kappa shape index (κ3) is 2.30. The minimum atomic E-state index is -0.627. The number of halogens is 2. The fourth-order valence-corrected chi connectivity index (χ4v) is 2.29. The first kappa shape index (κ1) is 11.7. The molecule has 1 aromatic rings. The first-order valence-corrected chi connectivity index (χ1v) is 5.87. The van der Waals surface area contributed by atoms with Gasteiger partial charge in [0.05, 0.1) is 10.7 Å². The zero-order valence-corrected chi connectivity index (χ0v) is 9.88. The van der Waals surface area contributed by atoms with E-state index in [4.69, 9.17) is 17.3 Å². The predicted octanol–water partition coefficient (Wildman–Crippen LogP) is 2.61. The molecule has 1 aliphatic heterocycles. The summed E-state index contributed by atoms with van der Waals surface area (Å²) in [5, 5.41) is 0.743. The second-order valence-electron chi connectivity index (χ2n) is 4.43. The molecule has 1 aromatic carbocycles. The summed E-state index contributed by atoms with van der Waals surface area (Å²) in [5.74, 6) is 0. The largest absolute Gasteiger partial charge is 0.370 e. The van der Waals surface area contributed by atoms with Crippen molar-refractivity contribution in [1.82, 2.24) is 0 Å². The summed E-state index contributed by atoms with van der Waals surface area (Å²) in [6, 6.07) is 7.73. The SMILES string of the molecule is NC1(CF)CCN(c2ccccc2Cl)CC1. The van der Waals surface area contributed by atoms with Crippen LogP contribution >= 0.6 is 11.6 Å². The van der Waals surface area contributed by atoms with Gasteiger partial charge in [-0.05, 0) is 25.0 Å². The lowest BCUT2D eigenvalue weighted by atomic mass is 9.90. The van der Waals surface area contributed by atoms with E-state index in [2.05, 4.69) is 4.90 Å². The summed E-state index contributed by atoms with van der Waals surface area (Å²) in [7, 11) is 0. The van der Waals surface area contributed by atoms with Gasteiger partial charge in [-0.15, -0.1) is 0 Å². The van der Waals surface area contributed by atoms with E-state index in [0.717, 1.165) is 23.8 Å². The Balaban J connectivity index is 2.07. The van der Waals surface area contributed by atoms with Crippen molar-refractivity contribution in [3.05, 3.63) is 29.3 Å². The Kier molecular flexibility index (Phi) is 3.36. The van der Waals surface area contributed by atoms with Gasteiger partial charge < -0.3 is 10.6 Å². The molecule has 2 rings (SSSR count). The average Bonchev–Trinajstić information content (AvgIpc) is 2.31. The van der Waals surface area contributed by atoms with Gasteiger partial charge in [-0.25, -0.2) is 4.39 Å². The Labute approximate surface area is 100 Å². The number of nitrogens with two attached hydrogens (primary N) is 1. The van der Waals surface area contributed by atoms with E-state index in [-0.39, 0.29) is 0 Å². The van der Waals surface area contributed by atoms with Gasteiger partial charge in [0.2, 0.25) is 0 Å². The molecular formula is C12H16ClFN2. The second kappa shape index (κ2) is 4.60. The summed E-state index contributed by atoms with van der Waals surface area (Å²) < 4.78 is 12.7. The molecule has 0 unspecified atom stereocenters. The minimum Gasteiger partial charge on any atom is -0.370 e. The van der Waals surface area contributed by atoms with Crippen LogP contribution in [0, 0.1) is 0 Å².